The number of rotatable bonds is 5. The van der Waals surface area contributed by atoms with Gasteiger partial charge in [0.05, 0.1) is 5.69 Å². The molecule has 6 heteroatoms. The van der Waals surface area contributed by atoms with E-state index in [1.165, 1.54) is 11.1 Å². The summed E-state index contributed by atoms with van der Waals surface area (Å²) >= 11 is 0. The Morgan fingerprint density at radius 1 is 1.39 bits per heavy atom. The highest BCUT2D eigenvalue weighted by Crippen LogP contribution is 2.24. The van der Waals surface area contributed by atoms with Crippen molar-refractivity contribution in [3.05, 3.63) is 24.0 Å². The van der Waals surface area contributed by atoms with Crippen LogP contribution in [0.25, 0.3) is 0 Å². The second-order valence-corrected chi connectivity index (χ2v) is 4.37. The van der Waals surface area contributed by atoms with Crippen LogP contribution in [0.5, 0.6) is 0 Å². The molecule has 0 aliphatic carbocycles. The number of halogens is 3. The van der Waals surface area contributed by atoms with Gasteiger partial charge < -0.3 is 10.2 Å². The van der Waals surface area contributed by atoms with Gasteiger partial charge in [0.2, 0.25) is 0 Å². The average Bonchev–Trinajstić information content (AvgIpc) is 2.25. The topological polar surface area (TPSA) is 28.2 Å². The van der Waals surface area contributed by atoms with Crippen LogP contribution in [0.3, 0.4) is 0 Å². The lowest BCUT2D eigenvalue weighted by molar-refractivity contribution is -0.120. The number of aromatic nitrogens is 1. The second-order valence-electron chi connectivity index (χ2n) is 4.37. The van der Waals surface area contributed by atoms with Crippen molar-refractivity contribution in [3.63, 3.8) is 0 Å². The monoisotopic (exact) mass is 261 g/mol. The van der Waals surface area contributed by atoms with Crippen LogP contribution >= 0.6 is 0 Å². The number of hydrogen-bond donors (Lipinski definition) is 1. The van der Waals surface area contributed by atoms with Gasteiger partial charge in [-0.1, -0.05) is 0 Å². The first-order valence-corrected chi connectivity index (χ1v) is 5.76. The number of alkyl halides is 3. The molecule has 102 valence electrons. The molecule has 0 amide bonds. The van der Waals surface area contributed by atoms with E-state index < -0.39 is 12.7 Å². The molecule has 1 heterocycles. The van der Waals surface area contributed by atoms with Crippen LogP contribution in [-0.2, 0) is 6.54 Å². The molecule has 0 saturated heterocycles. The van der Waals surface area contributed by atoms with Crippen LogP contribution in [0.4, 0.5) is 18.9 Å². The Labute approximate surface area is 105 Å². The predicted octanol–water partition coefficient (Wildman–Crippen LogP) is 2.58. The first kappa shape index (κ1) is 14.8. The van der Waals surface area contributed by atoms with Gasteiger partial charge in [0.25, 0.3) is 0 Å². The van der Waals surface area contributed by atoms with Gasteiger partial charge in [0, 0.05) is 24.5 Å². The van der Waals surface area contributed by atoms with E-state index in [1.54, 1.807) is 33.0 Å². The van der Waals surface area contributed by atoms with Crippen molar-refractivity contribution in [1.82, 2.24) is 10.3 Å². The fourth-order valence-electron chi connectivity index (χ4n) is 1.69. The molecular formula is C12H18F3N3. The van der Waals surface area contributed by atoms with E-state index in [4.69, 9.17) is 0 Å². The number of pyridine rings is 1. The van der Waals surface area contributed by atoms with Crippen molar-refractivity contribution in [3.8, 4) is 0 Å². The van der Waals surface area contributed by atoms with Gasteiger partial charge in [-0.25, -0.2) is 0 Å². The summed E-state index contributed by atoms with van der Waals surface area (Å²) in [6.45, 7) is 3.06. The molecule has 0 unspecified atom stereocenters. The van der Waals surface area contributed by atoms with Crippen molar-refractivity contribution in [1.29, 1.82) is 0 Å². The first-order valence-electron chi connectivity index (χ1n) is 5.76. The molecule has 1 aromatic rings. The minimum atomic E-state index is -4.21. The minimum absolute atomic E-state index is 0.225. The van der Waals surface area contributed by atoms with Gasteiger partial charge in [-0.3, -0.25) is 4.98 Å². The summed E-state index contributed by atoms with van der Waals surface area (Å²) in [7, 11) is 1.77. The lowest BCUT2D eigenvalue weighted by atomic mass is 10.2. The highest BCUT2D eigenvalue weighted by Gasteiger charge is 2.32. The normalized spacial score (nSPS) is 11.9. The highest BCUT2D eigenvalue weighted by molar-refractivity contribution is 5.47. The zero-order valence-electron chi connectivity index (χ0n) is 10.8. The van der Waals surface area contributed by atoms with Crippen LogP contribution in [0.2, 0.25) is 0 Å². The zero-order valence-corrected chi connectivity index (χ0v) is 10.8. The maximum Gasteiger partial charge on any atom is 0.405 e. The Kier molecular flexibility index (Phi) is 4.95. The molecule has 0 aliphatic rings. The average molecular weight is 261 g/mol. The predicted molar refractivity (Wildman–Crippen MR) is 65.5 cm³/mol. The van der Waals surface area contributed by atoms with Crippen LogP contribution in [-0.4, -0.2) is 30.8 Å². The number of nitrogens with zero attached hydrogens (tertiary/aromatic N) is 2. The molecule has 0 bridgehead atoms. The molecule has 0 aliphatic heterocycles. The lowest BCUT2D eigenvalue weighted by Crippen LogP contribution is -2.39. The Bertz CT molecular complexity index is 377. The Hall–Kier alpha value is -1.30. The molecule has 0 radical (unpaired) electrons. The largest absolute Gasteiger partial charge is 0.405 e. The molecule has 0 aromatic carbocycles. The van der Waals surface area contributed by atoms with E-state index in [0.717, 1.165) is 5.69 Å². The second kappa shape index (κ2) is 6.04. The molecule has 3 nitrogen and oxygen atoms in total. The Morgan fingerprint density at radius 3 is 2.56 bits per heavy atom. The van der Waals surface area contributed by atoms with Crippen molar-refractivity contribution in [2.24, 2.45) is 0 Å². The van der Waals surface area contributed by atoms with Crippen molar-refractivity contribution >= 4 is 5.69 Å². The molecule has 1 N–H and O–H groups in total. The van der Waals surface area contributed by atoms with E-state index in [2.05, 4.69) is 10.3 Å². The third-order valence-corrected chi connectivity index (χ3v) is 2.46. The van der Waals surface area contributed by atoms with Crippen molar-refractivity contribution < 1.29 is 13.2 Å². The highest BCUT2D eigenvalue weighted by atomic mass is 19.4. The summed E-state index contributed by atoms with van der Waals surface area (Å²) in [6.07, 6.45) is -2.68. The SMILES string of the molecule is CNCc1cc(N(CC(F)(F)F)C(C)C)ccn1. The maximum atomic E-state index is 12.5. The molecule has 18 heavy (non-hydrogen) atoms. The van der Waals surface area contributed by atoms with Crippen LogP contribution in [0, 0.1) is 0 Å². The van der Waals surface area contributed by atoms with Crippen LogP contribution in [0.15, 0.2) is 18.3 Å². The van der Waals surface area contributed by atoms with Crippen LogP contribution in [0.1, 0.15) is 19.5 Å². The standard InChI is InChI=1S/C12H18F3N3/c1-9(2)18(8-12(13,14)15)11-4-5-17-10(6-11)7-16-3/h4-6,9,16H,7-8H2,1-3H3. The number of anilines is 1. The van der Waals surface area contributed by atoms with Gasteiger partial charge in [0.15, 0.2) is 0 Å². The number of nitrogens with one attached hydrogen (secondary N) is 1. The zero-order chi connectivity index (χ0) is 13.8. The summed E-state index contributed by atoms with van der Waals surface area (Å²) in [5.41, 5.74) is 1.27. The van der Waals surface area contributed by atoms with Crippen LogP contribution < -0.4 is 10.2 Å². The van der Waals surface area contributed by atoms with Gasteiger partial charge >= 0.3 is 6.18 Å². The fraction of sp³-hybridized carbons (Fsp3) is 0.583. The molecule has 1 aromatic heterocycles. The quantitative estimate of drug-likeness (QED) is 0.883. The van der Waals surface area contributed by atoms with E-state index >= 15 is 0 Å². The van der Waals surface area contributed by atoms with E-state index in [-0.39, 0.29) is 6.04 Å². The fourth-order valence-corrected chi connectivity index (χ4v) is 1.69. The Balaban J connectivity index is 2.95. The van der Waals surface area contributed by atoms with E-state index in [1.807, 2.05) is 0 Å². The Morgan fingerprint density at radius 2 is 2.06 bits per heavy atom. The van der Waals surface area contributed by atoms with E-state index in [9.17, 15) is 13.2 Å². The van der Waals surface area contributed by atoms with Crippen molar-refractivity contribution in [2.75, 3.05) is 18.5 Å². The van der Waals surface area contributed by atoms with Gasteiger partial charge in [-0.05, 0) is 33.0 Å². The molecule has 1 rings (SSSR count). The smallest absolute Gasteiger partial charge is 0.360 e. The van der Waals surface area contributed by atoms with Gasteiger partial charge in [-0.15, -0.1) is 0 Å². The summed E-state index contributed by atoms with van der Waals surface area (Å²) in [6, 6.07) is 3.06. The number of hydrogen-bond acceptors (Lipinski definition) is 3. The van der Waals surface area contributed by atoms with Crippen molar-refractivity contribution in [2.45, 2.75) is 32.6 Å². The van der Waals surface area contributed by atoms with E-state index in [0.29, 0.717) is 12.2 Å². The summed E-state index contributed by atoms with van der Waals surface area (Å²) < 4.78 is 37.6. The third-order valence-electron chi connectivity index (χ3n) is 2.46. The third kappa shape index (κ3) is 4.52. The summed E-state index contributed by atoms with van der Waals surface area (Å²) in [4.78, 5) is 5.42. The van der Waals surface area contributed by atoms with Gasteiger partial charge in [-0.2, -0.15) is 13.2 Å². The lowest BCUT2D eigenvalue weighted by Gasteiger charge is -2.30. The molecule has 0 atom stereocenters. The van der Waals surface area contributed by atoms with Gasteiger partial charge in [0.1, 0.15) is 6.54 Å². The minimum Gasteiger partial charge on any atom is -0.360 e. The molecular weight excluding hydrogens is 243 g/mol. The maximum absolute atomic E-state index is 12.5. The molecule has 0 fully saturated rings. The molecule has 0 saturated carbocycles. The molecule has 0 spiro atoms. The summed E-state index contributed by atoms with van der Waals surface area (Å²) in [5.74, 6) is 0. The summed E-state index contributed by atoms with van der Waals surface area (Å²) in [5, 5.41) is 2.92. The first-order chi connectivity index (χ1) is 8.33.